The Balaban J connectivity index is 1.79. The molecule has 1 unspecified atom stereocenters. The molecule has 10 heteroatoms. The Bertz CT molecular complexity index is 841. The minimum Gasteiger partial charge on any atom is -0.456 e. The molecule has 1 aliphatic rings. The van der Waals surface area contributed by atoms with Crippen molar-refractivity contribution >= 4 is 21.7 Å². The van der Waals surface area contributed by atoms with Gasteiger partial charge in [0.1, 0.15) is 0 Å². The Morgan fingerprint density at radius 1 is 1.30 bits per heavy atom. The smallest absolute Gasteiger partial charge is 0.306 e. The van der Waals surface area contributed by atoms with Crippen LogP contribution in [0.25, 0.3) is 0 Å². The number of hydrogen-bond acceptors (Lipinski definition) is 8. The number of carbonyl (C=O) groups is 2. The maximum atomic E-state index is 12.6. The summed E-state index contributed by atoms with van der Waals surface area (Å²) in [4.78, 5) is 30.5. The Morgan fingerprint density at radius 2 is 2.00 bits per heavy atom. The third kappa shape index (κ3) is 7.37. The zero-order valence-electron chi connectivity index (χ0n) is 18.5. The molecule has 1 amide bonds. The average Bonchev–Trinajstić information content (AvgIpc) is 3.23. The lowest BCUT2D eigenvalue weighted by atomic mass is 9.96. The van der Waals surface area contributed by atoms with E-state index in [1.807, 2.05) is 34.6 Å². The molecule has 1 fully saturated rings. The van der Waals surface area contributed by atoms with E-state index in [1.54, 1.807) is 4.90 Å². The number of sulfone groups is 1. The molecule has 1 aliphatic heterocycles. The fourth-order valence-corrected chi connectivity index (χ4v) is 4.94. The lowest BCUT2D eigenvalue weighted by molar-refractivity contribution is -0.153. The molecule has 2 heterocycles. The highest BCUT2D eigenvalue weighted by molar-refractivity contribution is 7.91. The maximum Gasteiger partial charge on any atom is 0.306 e. The number of nitrogens with zero attached hydrogens (tertiary/aromatic N) is 3. The predicted molar refractivity (Wildman–Crippen MR) is 111 cm³/mol. The molecule has 0 saturated carbocycles. The predicted octanol–water partition coefficient (Wildman–Crippen LogP) is 1.90. The summed E-state index contributed by atoms with van der Waals surface area (Å²) >= 11 is 0. The van der Waals surface area contributed by atoms with Gasteiger partial charge in [-0.15, -0.1) is 0 Å². The number of hydrogen-bond donors (Lipinski definition) is 0. The van der Waals surface area contributed by atoms with Crippen LogP contribution < -0.4 is 0 Å². The Hall–Kier alpha value is -1.97. The van der Waals surface area contributed by atoms with Crippen LogP contribution in [-0.2, 0) is 36.0 Å². The van der Waals surface area contributed by atoms with Crippen molar-refractivity contribution in [3.8, 4) is 0 Å². The molecule has 0 spiro atoms. The highest BCUT2D eigenvalue weighted by atomic mass is 32.2. The molecular weight excluding hydrogens is 410 g/mol. The van der Waals surface area contributed by atoms with E-state index in [2.05, 4.69) is 10.1 Å². The first-order chi connectivity index (χ1) is 13.9. The van der Waals surface area contributed by atoms with Crippen molar-refractivity contribution in [2.45, 2.75) is 71.8 Å². The monoisotopic (exact) mass is 443 g/mol. The van der Waals surface area contributed by atoms with E-state index in [0.29, 0.717) is 37.5 Å². The molecule has 0 aliphatic carbocycles. The second-order valence-corrected chi connectivity index (χ2v) is 11.5. The molecule has 1 atom stereocenters. The van der Waals surface area contributed by atoms with Crippen LogP contribution in [0.4, 0.5) is 0 Å². The first kappa shape index (κ1) is 24.3. The molecule has 1 aromatic rings. The van der Waals surface area contributed by atoms with Crippen molar-refractivity contribution in [2.75, 3.05) is 24.7 Å². The number of ether oxygens (including phenoxy) is 1. The molecule has 0 aromatic carbocycles. The number of rotatable bonds is 9. The van der Waals surface area contributed by atoms with Gasteiger partial charge in [0.25, 0.3) is 5.91 Å². The fourth-order valence-electron chi connectivity index (χ4n) is 3.21. The molecule has 1 aromatic heterocycles. The van der Waals surface area contributed by atoms with E-state index in [-0.39, 0.29) is 47.8 Å². The molecule has 9 nitrogen and oxygen atoms in total. The third-order valence-electron chi connectivity index (χ3n) is 4.80. The number of aryl methyl sites for hydroxylation is 1. The Morgan fingerprint density at radius 3 is 2.53 bits per heavy atom. The van der Waals surface area contributed by atoms with Crippen molar-refractivity contribution in [3.05, 3.63) is 11.7 Å². The Labute approximate surface area is 178 Å². The van der Waals surface area contributed by atoms with Crippen LogP contribution in [0.15, 0.2) is 4.52 Å². The van der Waals surface area contributed by atoms with Crippen LogP contribution in [0.3, 0.4) is 0 Å². The zero-order valence-corrected chi connectivity index (χ0v) is 19.3. The van der Waals surface area contributed by atoms with Gasteiger partial charge in [0.2, 0.25) is 5.89 Å². The van der Waals surface area contributed by atoms with Gasteiger partial charge in [-0.3, -0.25) is 9.59 Å². The van der Waals surface area contributed by atoms with Gasteiger partial charge >= 0.3 is 5.97 Å². The van der Waals surface area contributed by atoms with Gasteiger partial charge in [0.15, 0.2) is 22.3 Å². The van der Waals surface area contributed by atoms with E-state index in [9.17, 15) is 18.0 Å². The van der Waals surface area contributed by atoms with E-state index >= 15 is 0 Å². The van der Waals surface area contributed by atoms with Crippen molar-refractivity contribution in [3.63, 3.8) is 0 Å². The van der Waals surface area contributed by atoms with E-state index in [0.717, 1.165) is 0 Å². The quantitative estimate of drug-likeness (QED) is 0.531. The van der Waals surface area contributed by atoms with Crippen LogP contribution in [0, 0.1) is 5.92 Å². The summed E-state index contributed by atoms with van der Waals surface area (Å²) in [5, 5.41) is 3.94. The molecule has 30 heavy (non-hydrogen) atoms. The van der Waals surface area contributed by atoms with Crippen LogP contribution in [0.2, 0.25) is 0 Å². The molecule has 0 N–H and O–H groups in total. The van der Waals surface area contributed by atoms with Crippen molar-refractivity contribution < 1.29 is 27.3 Å². The molecule has 0 bridgehead atoms. The van der Waals surface area contributed by atoms with Crippen molar-refractivity contribution in [2.24, 2.45) is 5.92 Å². The second-order valence-electron chi connectivity index (χ2n) is 9.27. The van der Waals surface area contributed by atoms with Crippen LogP contribution in [0.5, 0.6) is 0 Å². The number of esters is 1. The first-order valence-corrected chi connectivity index (χ1v) is 12.2. The highest BCUT2D eigenvalue weighted by Gasteiger charge is 2.35. The first-order valence-electron chi connectivity index (χ1n) is 10.4. The summed E-state index contributed by atoms with van der Waals surface area (Å²) in [6.07, 6.45) is 1.47. The van der Waals surface area contributed by atoms with Gasteiger partial charge in [0.05, 0.1) is 11.5 Å². The van der Waals surface area contributed by atoms with Gasteiger partial charge in [-0.25, -0.2) is 8.42 Å². The van der Waals surface area contributed by atoms with Crippen molar-refractivity contribution in [1.82, 2.24) is 15.0 Å². The third-order valence-corrected chi connectivity index (χ3v) is 6.55. The molecule has 2 rings (SSSR count). The minimum absolute atomic E-state index is 0.0276. The fraction of sp³-hybridized carbons (Fsp3) is 0.800. The van der Waals surface area contributed by atoms with Crippen LogP contribution >= 0.6 is 0 Å². The van der Waals surface area contributed by atoms with Crippen molar-refractivity contribution in [1.29, 1.82) is 0 Å². The van der Waals surface area contributed by atoms with Gasteiger partial charge in [0, 0.05) is 30.8 Å². The molecule has 0 radical (unpaired) electrons. The summed E-state index contributed by atoms with van der Waals surface area (Å²) in [6, 6.07) is -0.349. The summed E-state index contributed by atoms with van der Waals surface area (Å²) < 4.78 is 33.9. The van der Waals surface area contributed by atoms with E-state index < -0.39 is 15.8 Å². The zero-order chi connectivity index (χ0) is 22.5. The maximum absolute atomic E-state index is 12.6. The number of amides is 1. The molecule has 170 valence electrons. The van der Waals surface area contributed by atoms with Gasteiger partial charge in [-0.1, -0.05) is 39.8 Å². The number of carbonyl (C=O) groups excluding carboxylic acids is 2. The summed E-state index contributed by atoms with van der Waals surface area (Å²) in [5.74, 6) is 0.486. The van der Waals surface area contributed by atoms with Crippen LogP contribution in [-0.4, -0.2) is 66.0 Å². The normalized spacial score (nSPS) is 18.5. The number of aromatic nitrogens is 2. The Kier molecular flexibility index (Phi) is 8.01. The lowest BCUT2D eigenvalue weighted by Gasteiger charge is -2.29. The second kappa shape index (κ2) is 9.89. The average molecular weight is 444 g/mol. The lowest BCUT2D eigenvalue weighted by Crippen LogP contribution is -2.45. The molecular formula is C20H33N3O6S. The standard InChI is InChI=1S/C20H33N3O6S/c1-14(2)11-23(15-9-10-30(26,27)13-15)17(24)12-28-18(25)8-6-7-16-21-19(22-29-16)20(3,4)5/h14-15H,6-13H2,1-5H3. The summed E-state index contributed by atoms with van der Waals surface area (Å²) in [5.41, 5.74) is -0.207. The SMILES string of the molecule is CC(C)CN(C(=O)COC(=O)CCCc1nc(C(C)(C)C)no1)C1CCS(=O)(=O)C1. The van der Waals surface area contributed by atoms with Crippen LogP contribution in [0.1, 0.15) is 65.6 Å². The van der Waals surface area contributed by atoms with Gasteiger partial charge in [-0.05, 0) is 18.8 Å². The van der Waals surface area contributed by atoms with Gasteiger partial charge in [-0.2, -0.15) is 4.98 Å². The van der Waals surface area contributed by atoms with E-state index in [4.69, 9.17) is 9.26 Å². The minimum atomic E-state index is -3.11. The van der Waals surface area contributed by atoms with E-state index in [1.165, 1.54) is 0 Å². The largest absolute Gasteiger partial charge is 0.456 e. The van der Waals surface area contributed by atoms with Gasteiger partial charge < -0.3 is 14.2 Å². The summed E-state index contributed by atoms with van der Waals surface area (Å²) in [7, 11) is -3.11. The highest BCUT2D eigenvalue weighted by Crippen LogP contribution is 2.20. The topological polar surface area (TPSA) is 120 Å². The summed E-state index contributed by atoms with van der Waals surface area (Å²) in [6.45, 7) is 9.93. The molecule has 1 saturated heterocycles.